The molecule has 0 radical (unpaired) electrons. The molecule has 1 heterocycles. The molecule has 2 amide bonds. The second kappa shape index (κ2) is 8.90. The molecule has 152 valence electrons. The number of nitrogens with one attached hydrogen (secondary N) is 1. The van der Waals surface area contributed by atoms with Gasteiger partial charge < -0.3 is 15.0 Å². The van der Waals surface area contributed by atoms with E-state index in [2.05, 4.69) is 11.4 Å². The number of rotatable bonds is 7. The number of hydrogen-bond donors (Lipinski definition) is 1. The molecule has 0 saturated carbocycles. The number of fused-ring (bicyclic) bond motifs is 1. The Balaban J connectivity index is 1.60. The largest absolute Gasteiger partial charge is 0.488 e. The number of Topliss-reactive ketones (excluding diaryl/α,β-unsaturated/α-hetero) is 1. The van der Waals surface area contributed by atoms with E-state index in [4.69, 9.17) is 4.74 Å². The van der Waals surface area contributed by atoms with E-state index in [-0.39, 0.29) is 36.5 Å². The van der Waals surface area contributed by atoms with Crippen LogP contribution in [0.1, 0.15) is 35.7 Å². The zero-order valence-corrected chi connectivity index (χ0v) is 17.0. The number of amides is 2. The highest BCUT2D eigenvalue weighted by molar-refractivity contribution is 6.00. The Morgan fingerprint density at radius 1 is 1.10 bits per heavy atom. The smallest absolute Gasteiger partial charge is 0.222 e. The van der Waals surface area contributed by atoms with E-state index in [9.17, 15) is 14.4 Å². The highest BCUT2D eigenvalue weighted by Crippen LogP contribution is 2.34. The van der Waals surface area contributed by atoms with Crippen molar-refractivity contribution in [1.29, 1.82) is 0 Å². The normalized spacial score (nSPS) is 14.7. The third-order valence-electron chi connectivity index (χ3n) is 5.01. The molecule has 0 bridgehead atoms. The van der Waals surface area contributed by atoms with E-state index < -0.39 is 0 Å². The SMILES string of the molecule is CC(=O)c1ccccc1-c1ccc2c(c1)CC(CNC(=O)CCC(=O)N(C)C)O2. The molecule has 6 heteroatoms. The van der Waals surface area contributed by atoms with Gasteiger partial charge in [-0.25, -0.2) is 0 Å². The van der Waals surface area contributed by atoms with Crippen molar-refractivity contribution in [2.75, 3.05) is 20.6 Å². The summed E-state index contributed by atoms with van der Waals surface area (Å²) in [6.07, 6.45) is 0.908. The average Bonchev–Trinajstić information content (AvgIpc) is 3.12. The molecule has 0 fully saturated rings. The Bertz CT molecular complexity index is 936. The summed E-state index contributed by atoms with van der Waals surface area (Å²) in [5, 5.41) is 2.84. The maximum atomic E-state index is 12.0. The summed E-state index contributed by atoms with van der Waals surface area (Å²) in [6.45, 7) is 1.96. The molecule has 1 atom stereocenters. The van der Waals surface area contributed by atoms with Crippen LogP contribution in [0.3, 0.4) is 0 Å². The van der Waals surface area contributed by atoms with Gasteiger partial charge in [-0.15, -0.1) is 0 Å². The van der Waals surface area contributed by atoms with Gasteiger partial charge in [-0.3, -0.25) is 14.4 Å². The summed E-state index contributed by atoms with van der Waals surface area (Å²) in [5.41, 5.74) is 3.64. The van der Waals surface area contributed by atoms with E-state index in [0.717, 1.165) is 22.4 Å². The molecular weight excluding hydrogens is 368 g/mol. The van der Waals surface area contributed by atoms with Gasteiger partial charge in [0.2, 0.25) is 11.8 Å². The van der Waals surface area contributed by atoms with E-state index in [1.165, 1.54) is 4.90 Å². The molecule has 2 aromatic rings. The quantitative estimate of drug-likeness (QED) is 0.733. The summed E-state index contributed by atoms with van der Waals surface area (Å²) < 4.78 is 5.93. The van der Waals surface area contributed by atoms with Gasteiger partial charge in [0.25, 0.3) is 0 Å². The van der Waals surface area contributed by atoms with E-state index in [1.54, 1.807) is 21.0 Å². The molecule has 29 heavy (non-hydrogen) atoms. The van der Waals surface area contributed by atoms with Crippen LogP contribution in [-0.4, -0.2) is 49.2 Å². The van der Waals surface area contributed by atoms with Crippen molar-refractivity contribution in [3.8, 4) is 16.9 Å². The van der Waals surface area contributed by atoms with Crippen molar-refractivity contribution in [3.05, 3.63) is 53.6 Å². The fraction of sp³-hybridized carbons (Fsp3) is 0.348. The maximum Gasteiger partial charge on any atom is 0.222 e. The summed E-state index contributed by atoms with van der Waals surface area (Å²) in [4.78, 5) is 36.9. The standard InChI is InChI=1S/C23H26N2O4/c1-15(26)19-6-4-5-7-20(19)16-8-9-21-17(12-16)13-18(29-21)14-24-22(27)10-11-23(28)25(2)3/h4-9,12,18H,10-11,13-14H2,1-3H3,(H,24,27). The molecule has 1 unspecified atom stereocenters. The lowest BCUT2D eigenvalue weighted by molar-refractivity contribution is -0.131. The molecule has 0 saturated heterocycles. The topological polar surface area (TPSA) is 75.7 Å². The number of nitrogens with zero attached hydrogens (tertiary/aromatic N) is 1. The van der Waals surface area contributed by atoms with Gasteiger partial charge in [-0.05, 0) is 35.7 Å². The van der Waals surface area contributed by atoms with Gasteiger partial charge in [-0.1, -0.05) is 30.3 Å². The minimum atomic E-state index is -0.157. The first-order valence-electron chi connectivity index (χ1n) is 9.72. The van der Waals surface area contributed by atoms with Crippen molar-refractivity contribution in [3.63, 3.8) is 0 Å². The monoisotopic (exact) mass is 394 g/mol. The number of carbonyl (C=O) groups excluding carboxylic acids is 3. The first kappa shape index (κ1) is 20.6. The molecule has 2 aromatic carbocycles. The van der Waals surface area contributed by atoms with Gasteiger partial charge in [0.15, 0.2) is 5.78 Å². The van der Waals surface area contributed by atoms with Crippen LogP contribution >= 0.6 is 0 Å². The molecule has 0 aliphatic carbocycles. The third kappa shape index (κ3) is 5.02. The molecule has 0 aromatic heterocycles. The number of benzene rings is 2. The lowest BCUT2D eigenvalue weighted by Gasteiger charge is -2.13. The van der Waals surface area contributed by atoms with Crippen LogP contribution in [0.25, 0.3) is 11.1 Å². The first-order chi connectivity index (χ1) is 13.8. The minimum Gasteiger partial charge on any atom is -0.488 e. The minimum absolute atomic E-state index is 0.0330. The van der Waals surface area contributed by atoms with Crippen LogP contribution in [0.2, 0.25) is 0 Å². The van der Waals surface area contributed by atoms with Gasteiger partial charge in [0.05, 0.1) is 6.54 Å². The van der Waals surface area contributed by atoms with Crippen molar-refractivity contribution in [2.24, 2.45) is 0 Å². The Hall–Kier alpha value is -3.15. The Labute approximate surface area is 170 Å². The fourth-order valence-electron chi connectivity index (χ4n) is 3.40. The van der Waals surface area contributed by atoms with Crippen LogP contribution in [0.5, 0.6) is 5.75 Å². The number of hydrogen-bond acceptors (Lipinski definition) is 4. The van der Waals surface area contributed by atoms with Crippen molar-refractivity contribution in [1.82, 2.24) is 10.2 Å². The Kier molecular flexibility index (Phi) is 6.32. The Morgan fingerprint density at radius 2 is 1.86 bits per heavy atom. The van der Waals surface area contributed by atoms with Crippen LogP contribution in [0.15, 0.2) is 42.5 Å². The molecule has 1 aliphatic rings. The molecule has 1 aliphatic heterocycles. The van der Waals surface area contributed by atoms with Crippen molar-refractivity contribution < 1.29 is 19.1 Å². The molecular formula is C23H26N2O4. The molecule has 0 spiro atoms. The maximum absolute atomic E-state index is 12.0. The van der Waals surface area contributed by atoms with Crippen molar-refractivity contribution >= 4 is 17.6 Å². The summed E-state index contributed by atoms with van der Waals surface area (Å²) in [6, 6.07) is 13.5. The third-order valence-corrected chi connectivity index (χ3v) is 5.01. The van der Waals surface area contributed by atoms with Crippen LogP contribution in [0, 0.1) is 0 Å². The molecule has 3 rings (SSSR count). The Morgan fingerprint density at radius 3 is 2.59 bits per heavy atom. The average molecular weight is 394 g/mol. The number of ketones is 1. The first-order valence-corrected chi connectivity index (χ1v) is 9.72. The summed E-state index contributed by atoms with van der Waals surface area (Å²) >= 11 is 0. The van der Waals surface area contributed by atoms with Gasteiger partial charge in [0, 0.05) is 38.9 Å². The highest BCUT2D eigenvalue weighted by Gasteiger charge is 2.24. The zero-order valence-electron chi connectivity index (χ0n) is 17.0. The predicted molar refractivity (Wildman–Crippen MR) is 111 cm³/mol. The fourth-order valence-corrected chi connectivity index (χ4v) is 3.40. The van der Waals surface area contributed by atoms with Crippen LogP contribution in [0.4, 0.5) is 0 Å². The summed E-state index contributed by atoms with van der Waals surface area (Å²) in [7, 11) is 3.35. The predicted octanol–water partition coefficient (Wildman–Crippen LogP) is 2.84. The number of carbonyl (C=O) groups is 3. The second-order valence-corrected chi connectivity index (χ2v) is 7.46. The lowest BCUT2D eigenvalue weighted by Crippen LogP contribution is -2.35. The van der Waals surface area contributed by atoms with Gasteiger partial charge in [0.1, 0.15) is 11.9 Å². The molecule has 1 N–H and O–H groups in total. The van der Waals surface area contributed by atoms with Crippen LogP contribution < -0.4 is 10.1 Å². The summed E-state index contributed by atoms with van der Waals surface area (Å²) in [5.74, 6) is 0.612. The molecule has 6 nitrogen and oxygen atoms in total. The zero-order chi connectivity index (χ0) is 21.0. The van der Waals surface area contributed by atoms with E-state index in [1.807, 2.05) is 36.4 Å². The van der Waals surface area contributed by atoms with Crippen LogP contribution in [-0.2, 0) is 16.0 Å². The lowest BCUT2D eigenvalue weighted by atomic mass is 9.95. The van der Waals surface area contributed by atoms with E-state index in [0.29, 0.717) is 18.5 Å². The van der Waals surface area contributed by atoms with Gasteiger partial charge in [-0.2, -0.15) is 0 Å². The van der Waals surface area contributed by atoms with Gasteiger partial charge >= 0.3 is 0 Å². The van der Waals surface area contributed by atoms with Crippen molar-refractivity contribution in [2.45, 2.75) is 32.3 Å². The highest BCUT2D eigenvalue weighted by atomic mass is 16.5. The van der Waals surface area contributed by atoms with E-state index >= 15 is 0 Å². The second-order valence-electron chi connectivity index (χ2n) is 7.46. The number of ether oxygens (including phenoxy) is 1.